The van der Waals surface area contributed by atoms with E-state index in [0.717, 1.165) is 18.4 Å². The summed E-state index contributed by atoms with van der Waals surface area (Å²) in [6.45, 7) is 5.21. The summed E-state index contributed by atoms with van der Waals surface area (Å²) in [5.74, 6) is -0.645. The van der Waals surface area contributed by atoms with Crippen LogP contribution in [0.4, 0.5) is 4.79 Å². The largest absolute Gasteiger partial charge is 0.481 e. The zero-order valence-corrected chi connectivity index (χ0v) is 19.2. The monoisotopic (exact) mass is 463 g/mol. The molecule has 0 saturated carbocycles. The van der Waals surface area contributed by atoms with Gasteiger partial charge in [0.2, 0.25) is 0 Å². The van der Waals surface area contributed by atoms with Gasteiger partial charge in [-0.15, -0.1) is 0 Å². The van der Waals surface area contributed by atoms with E-state index in [4.69, 9.17) is 14.4 Å². The number of carboxylic acid groups (broad SMARTS) is 1. The van der Waals surface area contributed by atoms with Gasteiger partial charge in [0, 0.05) is 31.9 Å². The summed E-state index contributed by atoms with van der Waals surface area (Å²) in [7, 11) is -1.84. The highest BCUT2D eigenvalue weighted by molar-refractivity contribution is 7.85. The lowest BCUT2D eigenvalue weighted by molar-refractivity contribution is -0.138. The highest BCUT2D eigenvalue weighted by Gasteiger charge is 2.17. The molecular weight excluding hydrogens is 430 g/mol. The van der Waals surface area contributed by atoms with Gasteiger partial charge in [0.05, 0.1) is 19.3 Å². The van der Waals surface area contributed by atoms with Crippen molar-refractivity contribution in [2.24, 2.45) is 11.8 Å². The second-order valence-corrected chi connectivity index (χ2v) is 9.03. The van der Waals surface area contributed by atoms with Crippen molar-refractivity contribution in [2.75, 3.05) is 39.7 Å². The van der Waals surface area contributed by atoms with E-state index in [0.29, 0.717) is 25.3 Å². The highest BCUT2D eigenvalue weighted by Crippen LogP contribution is 2.15. The van der Waals surface area contributed by atoms with Crippen molar-refractivity contribution in [3.63, 3.8) is 0 Å². The SMILES string of the molecule is CC(C)CC(CNC(=O)OCN1C=CC=C(N(C)CC=O)C1)CC(=O)O.CS(=O)(=O)O. The number of alkyl carbamates (subject to hydrolysis) is 1. The molecule has 0 fully saturated rings. The quantitative estimate of drug-likeness (QED) is 0.300. The van der Waals surface area contributed by atoms with Crippen LogP contribution in [0.2, 0.25) is 0 Å². The first kappa shape index (κ1) is 28.4. The van der Waals surface area contributed by atoms with Crippen molar-refractivity contribution >= 4 is 28.5 Å². The van der Waals surface area contributed by atoms with E-state index in [9.17, 15) is 22.8 Å². The van der Waals surface area contributed by atoms with Crippen LogP contribution in [0.15, 0.2) is 24.0 Å². The van der Waals surface area contributed by atoms with Crippen molar-refractivity contribution in [2.45, 2.75) is 26.7 Å². The van der Waals surface area contributed by atoms with Gasteiger partial charge in [-0.2, -0.15) is 8.42 Å². The maximum absolute atomic E-state index is 11.9. The van der Waals surface area contributed by atoms with Gasteiger partial charge in [0.1, 0.15) is 6.29 Å². The second kappa shape index (κ2) is 14.4. The summed E-state index contributed by atoms with van der Waals surface area (Å²) in [5.41, 5.74) is 0.946. The van der Waals surface area contributed by atoms with Crippen LogP contribution in [0.25, 0.3) is 0 Å². The Bertz CT molecular complexity index is 741. The van der Waals surface area contributed by atoms with E-state index in [1.807, 2.05) is 37.9 Å². The highest BCUT2D eigenvalue weighted by atomic mass is 32.2. The van der Waals surface area contributed by atoms with Gasteiger partial charge in [-0.3, -0.25) is 9.35 Å². The minimum absolute atomic E-state index is 0.0184. The average Bonchev–Trinajstić information content (AvgIpc) is 2.62. The molecule has 0 saturated heterocycles. The fourth-order valence-electron chi connectivity index (χ4n) is 2.73. The molecule has 1 atom stereocenters. The number of amides is 1. The van der Waals surface area contributed by atoms with E-state index in [2.05, 4.69) is 5.32 Å². The van der Waals surface area contributed by atoms with Gasteiger partial charge in [-0.25, -0.2) is 4.79 Å². The Hall–Kier alpha value is -2.60. The van der Waals surface area contributed by atoms with E-state index >= 15 is 0 Å². The van der Waals surface area contributed by atoms with Gasteiger partial charge in [-0.1, -0.05) is 13.8 Å². The molecule has 0 radical (unpaired) electrons. The molecule has 3 N–H and O–H groups in total. The first-order valence-electron chi connectivity index (χ1n) is 9.62. The van der Waals surface area contributed by atoms with Crippen molar-refractivity contribution in [3.05, 3.63) is 24.0 Å². The van der Waals surface area contributed by atoms with Gasteiger partial charge in [-0.05, 0) is 30.4 Å². The molecule has 178 valence electrons. The van der Waals surface area contributed by atoms with E-state index in [1.54, 1.807) is 11.1 Å². The Morgan fingerprint density at radius 1 is 1.39 bits per heavy atom. The number of rotatable bonds is 11. The Labute approximate surface area is 183 Å². The van der Waals surface area contributed by atoms with Crippen LogP contribution < -0.4 is 5.32 Å². The molecule has 1 aliphatic heterocycles. The Morgan fingerprint density at radius 2 is 2.00 bits per heavy atom. The molecule has 0 aromatic rings. The molecule has 0 bridgehead atoms. The van der Waals surface area contributed by atoms with E-state index in [1.165, 1.54) is 0 Å². The normalized spacial score (nSPS) is 14.1. The van der Waals surface area contributed by atoms with Crippen molar-refractivity contribution in [3.8, 4) is 0 Å². The zero-order chi connectivity index (χ0) is 24.0. The van der Waals surface area contributed by atoms with Crippen LogP contribution in [0.1, 0.15) is 26.7 Å². The van der Waals surface area contributed by atoms with Crippen LogP contribution >= 0.6 is 0 Å². The number of ether oxygens (including phenoxy) is 1. The number of aliphatic carboxylic acids is 1. The van der Waals surface area contributed by atoms with Gasteiger partial charge in [0.25, 0.3) is 10.1 Å². The summed E-state index contributed by atoms with van der Waals surface area (Å²) in [6, 6.07) is 0. The number of nitrogens with zero attached hydrogens (tertiary/aromatic N) is 2. The fourth-order valence-corrected chi connectivity index (χ4v) is 2.73. The minimum atomic E-state index is -3.67. The molecule has 0 aliphatic carbocycles. The number of likely N-dealkylation sites (N-methyl/N-ethyl adjacent to an activating group) is 1. The van der Waals surface area contributed by atoms with E-state index in [-0.39, 0.29) is 25.6 Å². The van der Waals surface area contributed by atoms with Crippen LogP contribution in [0, 0.1) is 11.8 Å². The number of hydrogen-bond acceptors (Lipinski definition) is 8. The van der Waals surface area contributed by atoms with Gasteiger partial charge >= 0.3 is 12.1 Å². The molecule has 12 heteroatoms. The molecule has 11 nitrogen and oxygen atoms in total. The molecule has 0 aromatic carbocycles. The molecule has 0 spiro atoms. The molecule has 1 unspecified atom stereocenters. The first-order valence-corrected chi connectivity index (χ1v) is 11.5. The summed E-state index contributed by atoms with van der Waals surface area (Å²) in [4.78, 5) is 37.0. The lowest BCUT2D eigenvalue weighted by atomic mass is 9.94. The minimum Gasteiger partial charge on any atom is -0.481 e. The number of carbonyl (C=O) groups is 3. The Kier molecular flexibility index (Phi) is 13.2. The Morgan fingerprint density at radius 3 is 2.52 bits per heavy atom. The number of carbonyl (C=O) groups excluding carboxylic acids is 2. The molecule has 1 amide bonds. The van der Waals surface area contributed by atoms with Crippen molar-refractivity contribution in [1.29, 1.82) is 0 Å². The maximum Gasteiger partial charge on any atom is 0.408 e. The molecule has 1 rings (SSSR count). The molecule has 1 aliphatic rings. The van der Waals surface area contributed by atoms with Crippen LogP contribution in [-0.2, 0) is 24.4 Å². The zero-order valence-electron chi connectivity index (χ0n) is 18.4. The summed E-state index contributed by atoms with van der Waals surface area (Å²) in [5, 5.41) is 11.6. The van der Waals surface area contributed by atoms with Crippen LogP contribution in [0.5, 0.6) is 0 Å². The third kappa shape index (κ3) is 16.8. The summed E-state index contributed by atoms with van der Waals surface area (Å²) >= 11 is 0. The number of allylic oxidation sites excluding steroid dienone is 2. The van der Waals surface area contributed by atoms with Crippen molar-refractivity contribution in [1.82, 2.24) is 15.1 Å². The number of nitrogens with one attached hydrogen (secondary N) is 1. The van der Waals surface area contributed by atoms with Crippen LogP contribution in [0.3, 0.4) is 0 Å². The maximum atomic E-state index is 11.9. The molecule has 31 heavy (non-hydrogen) atoms. The van der Waals surface area contributed by atoms with Gasteiger partial charge < -0.3 is 29.8 Å². The smallest absolute Gasteiger partial charge is 0.408 e. The summed E-state index contributed by atoms with van der Waals surface area (Å²) in [6.07, 6.45) is 7.25. The molecule has 1 heterocycles. The fraction of sp³-hybridized carbons (Fsp3) is 0.632. The average molecular weight is 464 g/mol. The third-order valence-corrected chi connectivity index (χ3v) is 3.95. The predicted molar refractivity (Wildman–Crippen MR) is 115 cm³/mol. The van der Waals surface area contributed by atoms with Crippen molar-refractivity contribution < 1.29 is 37.2 Å². The number of hydrogen-bond donors (Lipinski definition) is 3. The lowest BCUT2D eigenvalue weighted by Gasteiger charge is -2.29. The Balaban J connectivity index is 0.00000161. The van der Waals surface area contributed by atoms with E-state index < -0.39 is 22.2 Å². The second-order valence-electron chi connectivity index (χ2n) is 7.56. The molecular formula is C19H33N3O8S. The van der Waals surface area contributed by atoms with Gasteiger partial charge in [0.15, 0.2) is 6.73 Å². The molecule has 0 aromatic heterocycles. The standard InChI is InChI=1S/C18H29N3O5.CH4O3S/c1-14(2)9-15(10-17(23)24)11-19-18(25)26-13-21-6-4-5-16(12-21)20(3)7-8-22;1-5(2,3)4/h4-6,8,14-15H,7,9-13H2,1-3H3,(H,19,25)(H,23,24);1H3,(H,2,3,4). The topological polar surface area (TPSA) is 154 Å². The third-order valence-electron chi connectivity index (χ3n) is 3.95. The predicted octanol–water partition coefficient (Wildman–Crippen LogP) is 1.16. The summed E-state index contributed by atoms with van der Waals surface area (Å²) < 4.78 is 31.1. The number of carboxylic acids is 1. The number of aldehydes is 1. The first-order chi connectivity index (χ1) is 14.3. The lowest BCUT2D eigenvalue weighted by Crippen LogP contribution is -2.36. The van der Waals surface area contributed by atoms with Crippen LogP contribution in [-0.4, -0.2) is 85.9 Å².